The maximum atomic E-state index is 13.1. The molecular weight excluding hydrogens is 557 g/mol. The summed E-state index contributed by atoms with van der Waals surface area (Å²) in [4.78, 5) is 26.6. The van der Waals surface area contributed by atoms with Crippen molar-refractivity contribution < 1.29 is 22.7 Å². The highest BCUT2D eigenvalue weighted by molar-refractivity contribution is 5.95. The Kier molecular flexibility index (Phi) is 7.71. The second-order valence-electron chi connectivity index (χ2n) is 10.5. The highest BCUT2D eigenvalue weighted by atomic mass is 19.4. The molecule has 5 aromatic rings. The lowest BCUT2D eigenvalue weighted by atomic mass is 10.1. The Balaban J connectivity index is 1.29. The van der Waals surface area contributed by atoms with Crippen molar-refractivity contribution in [3.8, 4) is 17.1 Å². The molecule has 2 N–H and O–H groups in total. The van der Waals surface area contributed by atoms with Crippen LogP contribution in [0, 0.1) is 0 Å². The lowest BCUT2D eigenvalue weighted by molar-refractivity contribution is -0.137. The van der Waals surface area contributed by atoms with Crippen molar-refractivity contribution in [2.45, 2.75) is 38.0 Å². The van der Waals surface area contributed by atoms with Gasteiger partial charge in [-0.2, -0.15) is 13.2 Å². The number of ether oxygens (including phenoxy) is 1. The fraction of sp³-hybridized carbons (Fsp3) is 0.250. The zero-order chi connectivity index (χ0) is 30.0. The molecule has 1 aliphatic rings. The summed E-state index contributed by atoms with van der Waals surface area (Å²) in [5.74, 6) is 1.65. The number of aromatic nitrogens is 4. The summed E-state index contributed by atoms with van der Waals surface area (Å²) in [5, 5.41) is 6.37. The first kappa shape index (κ1) is 28.2. The minimum absolute atomic E-state index is 0.110. The van der Waals surface area contributed by atoms with Crippen LogP contribution in [0.1, 0.15) is 39.9 Å². The molecule has 0 spiro atoms. The number of rotatable bonds is 10. The average molecular weight is 587 g/mol. The number of alkyl halides is 3. The van der Waals surface area contributed by atoms with E-state index in [1.54, 1.807) is 42.3 Å². The third kappa shape index (κ3) is 6.61. The number of halogens is 3. The Morgan fingerprint density at radius 3 is 2.30 bits per heavy atom. The molecule has 3 aromatic carbocycles. The Hall–Kier alpha value is -4.93. The van der Waals surface area contributed by atoms with Gasteiger partial charge in [0, 0.05) is 23.7 Å². The largest absolute Gasteiger partial charge is 0.497 e. The SMILES string of the molecule is COc1ccc(CCNc2nc(-c3ccc(C(=O)NC4CC4)cc3)nc3c2ncn3Cc2ccc(C(F)(F)F)cc2)cc1. The van der Waals surface area contributed by atoms with E-state index in [0.29, 0.717) is 46.0 Å². The molecule has 8 nitrogen and oxygen atoms in total. The molecule has 2 aromatic heterocycles. The van der Waals surface area contributed by atoms with Gasteiger partial charge in [-0.15, -0.1) is 0 Å². The molecule has 6 rings (SSSR count). The van der Waals surface area contributed by atoms with Crippen LogP contribution < -0.4 is 15.4 Å². The van der Waals surface area contributed by atoms with Gasteiger partial charge in [0.25, 0.3) is 5.91 Å². The average Bonchev–Trinajstić information content (AvgIpc) is 3.74. The molecular formula is C32H29F3N6O2. The van der Waals surface area contributed by atoms with Gasteiger partial charge in [0.1, 0.15) is 11.3 Å². The van der Waals surface area contributed by atoms with Crippen LogP contribution in [0.4, 0.5) is 19.0 Å². The minimum atomic E-state index is -4.40. The first-order chi connectivity index (χ1) is 20.8. The standard InChI is InChI=1S/C32H29F3N6O2/c1-43-26-14-4-20(5-15-26)16-17-36-29-27-30(41(19-37-27)18-21-2-10-24(11-3-21)32(33,34)35)40-28(39-29)22-6-8-23(9-7-22)31(42)38-25-12-13-25/h2-11,14-15,19,25H,12-13,16-18H2,1H3,(H,38,42)(H,36,39,40). The maximum absolute atomic E-state index is 13.1. The lowest BCUT2D eigenvalue weighted by Crippen LogP contribution is -2.25. The summed E-state index contributed by atoms with van der Waals surface area (Å²) < 4.78 is 46.2. The second kappa shape index (κ2) is 11.7. The number of amides is 1. The summed E-state index contributed by atoms with van der Waals surface area (Å²) in [6.07, 6.45) is -0.0519. The third-order valence-electron chi connectivity index (χ3n) is 7.28. The first-order valence-corrected chi connectivity index (χ1v) is 13.9. The van der Waals surface area contributed by atoms with Gasteiger partial charge in [0.05, 0.1) is 25.5 Å². The third-order valence-corrected chi connectivity index (χ3v) is 7.28. The number of nitrogens with zero attached hydrogens (tertiary/aromatic N) is 4. The Bertz CT molecular complexity index is 1730. The van der Waals surface area contributed by atoms with Crippen molar-refractivity contribution in [2.75, 3.05) is 19.0 Å². The van der Waals surface area contributed by atoms with Crippen LogP contribution in [-0.4, -0.2) is 45.1 Å². The monoisotopic (exact) mass is 586 g/mol. The summed E-state index contributed by atoms with van der Waals surface area (Å²) >= 11 is 0. The molecule has 1 aliphatic carbocycles. The molecule has 2 heterocycles. The Labute approximate surface area is 246 Å². The van der Waals surface area contributed by atoms with Crippen molar-refractivity contribution >= 4 is 22.9 Å². The zero-order valence-electron chi connectivity index (χ0n) is 23.4. The highest BCUT2D eigenvalue weighted by Gasteiger charge is 2.30. The van der Waals surface area contributed by atoms with E-state index in [2.05, 4.69) is 15.6 Å². The number of benzene rings is 3. The normalized spacial score (nSPS) is 13.2. The number of carbonyl (C=O) groups excluding carboxylic acids is 1. The van der Waals surface area contributed by atoms with Crippen molar-refractivity contribution in [2.24, 2.45) is 0 Å². The van der Waals surface area contributed by atoms with Crippen LogP contribution in [0.2, 0.25) is 0 Å². The molecule has 11 heteroatoms. The van der Waals surface area contributed by atoms with E-state index in [1.165, 1.54) is 12.1 Å². The number of imidazole rings is 1. The predicted octanol–water partition coefficient (Wildman–Crippen LogP) is 6.12. The number of fused-ring (bicyclic) bond motifs is 1. The van der Waals surface area contributed by atoms with Crippen LogP contribution in [0.25, 0.3) is 22.6 Å². The van der Waals surface area contributed by atoms with E-state index in [1.807, 2.05) is 24.3 Å². The predicted molar refractivity (Wildman–Crippen MR) is 157 cm³/mol. The first-order valence-electron chi connectivity index (χ1n) is 13.9. The Morgan fingerprint density at radius 2 is 1.65 bits per heavy atom. The topological polar surface area (TPSA) is 94.0 Å². The molecule has 1 fully saturated rings. The molecule has 1 saturated carbocycles. The summed E-state index contributed by atoms with van der Waals surface area (Å²) in [7, 11) is 1.63. The number of carbonyl (C=O) groups is 1. The van der Waals surface area contributed by atoms with Gasteiger partial charge in [-0.05, 0) is 66.8 Å². The van der Waals surface area contributed by atoms with E-state index < -0.39 is 11.7 Å². The van der Waals surface area contributed by atoms with E-state index in [0.717, 1.165) is 42.7 Å². The molecule has 0 bridgehead atoms. The van der Waals surface area contributed by atoms with Gasteiger partial charge in [-0.1, -0.05) is 36.4 Å². The van der Waals surface area contributed by atoms with Gasteiger partial charge >= 0.3 is 6.18 Å². The molecule has 43 heavy (non-hydrogen) atoms. The van der Waals surface area contributed by atoms with Crippen LogP contribution in [0.15, 0.2) is 79.1 Å². The number of hydrogen-bond donors (Lipinski definition) is 2. The molecule has 0 saturated heterocycles. The quantitative estimate of drug-likeness (QED) is 0.205. The van der Waals surface area contributed by atoms with Gasteiger partial charge in [-0.3, -0.25) is 4.79 Å². The maximum Gasteiger partial charge on any atom is 0.416 e. The van der Waals surface area contributed by atoms with E-state index in [9.17, 15) is 18.0 Å². The van der Waals surface area contributed by atoms with Crippen LogP contribution in [0.3, 0.4) is 0 Å². The molecule has 0 radical (unpaired) electrons. The molecule has 1 amide bonds. The van der Waals surface area contributed by atoms with E-state index in [-0.39, 0.29) is 18.5 Å². The molecule has 0 unspecified atom stereocenters. The summed E-state index contributed by atoms with van der Waals surface area (Å²) in [6.45, 7) is 0.848. The van der Waals surface area contributed by atoms with Crippen LogP contribution in [-0.2, 0) is 19.1 Å². The van der Waals surface area contributed by atoms with E-state index in [4.69, 9.17) is 14.7 Å². The lowest BCUT2D eigenvalue weighted by Gasteiger charge is -2.11. The van der Waals surface area contributed by atoms with Gasteiger partial charge in [-0.25, -0.2) is 15.0 Å². The van der Waals surface area contributed by atoms with Crippen LogP contribution >= 0.6 is 0 Å². The number of nitrogens with one attached hydrogen (secondary N) is 2. The Morgan fingerprint density at radius 1 is 0.953 bits per heavy atom. The minimum Gasteiger partial charge on any atom is -0.497 e. The fourth-order valence-electron chi connectivity index (χ4n) is 4.69. The number of anilines is 1. The zero-order valence-corrected chi connectivity index (χ0v) is 23.4. The fourth-order valence-corrected chi connectivity index (χ4v) is 4.69. The molecule has 220 valence electrons. The smallest absolute Gasteiger partial charge is 0.416 e. The van der Waals surface area contributed by atoms with Crippen molar-refractivity contribution in [3.05, 3.63) is 101 Å². The van der Waals surface area contributed by atoms with Crippen molar-refractivity contribution in [1.29, 1.82) is 0 Å². The van der Waals surface area contributed by atoms with Crippen LogP contribution in [0.5, 0.6) is 5.75 Å². The molecule has 0 aliphatic heterocycles. The van der Waals surface area contributed by atoms with Gasteiger partial charge in [0.2, 0.25) is 0 Å². The summed E-state index contributed by atoms with van der Waals surface area (Å²) in [6, 6.07) is 20.2. The number of hydrogen-bond acceptors (Lipinski definition) is 6. The highest BCUT2D eigenvalue weighted by Crippen LogP contribution is 2.30. The van der Waals surface area contributed by atoms with Crippen molar-refractivity contribution in [1.82, 2.24) is 24.8 Å². The second-order valence-corrected chi connectivity index (χ2v) is 10.5. The van der Waals surface area contributed by atoms with Gasteiger partial charge in [0.15, 0.2) is 17.3 Å². The summed E-state index contributed by atoms with van der Waals surface area (Å²) in [5.41, 5.74) is 3.44. The number of methoxy groups -OCH3 is 1. The van der Waals surface area contributed by atoms with E-state index >= 15 is 0 Å². The molecule has 0 atom stereocenters. The van der Waals surface area contributed by atoms with Crippen molar-refractivity contribution in [3.63, 3.8) is 0 Å². The van der Waals surface area contributed by atoms with Gasteiger partial charge < -0.3 is 19.9 Å².